The van der Waals surface area contributed by atoms with E-state index in [4.69, 9.17) is 9.97 Å². The molecule has 3 heteroatoms. The van der Waals surface area contributed by atoms with Crippen LogP contribution in [0.1, 0.15) is 0 Å². The summed E-state index contributed by atoms with van der Waals surface area (Å²) in [6.07, 6.45) is 3.91. The first kappa shape index (κ1) is 33.3. The minimum absolute atomic E-state index is 0.882. The smallest absolute Gasteiger partial charge is 0.115 e. The summed E-state index contributed by atoms with van der Waals surface area (Å²) in [6, 6.07) is 72.3. The maximum atomic E-state index is 5.24. The molecule has 0 amide bonds. The Bertz CT molecular complexity index is 3490. The molecule has 0 atom stereocenters. The average molecular weight is 750 g/mol. The summed E-state index contributed by atoms with van der Waals surface area (Å²) in [4.78, 5) is 10.2. The van der Waals surface area contributed by atoms with E-state index >= 15 is 0 Å². The molecule has 3 aromatic heterocycles. The van der Waals surface area contributed by atoms with Crippen molar-refractivity contribution < 1.29 is 0 Å². The number of pyridine rings is 2. The van der Waals surface area contributed by atoms with Crippen molar-refractivity contribution in [3.8, 4) is 50.2 Å². The van der Waals surface area contributed by atoms with Gasteiger partial charge in [0.1, 0.15) is 11.0 Å². The predicted octanol–water partition coefficient (Wildman–Crippen LogP) is 14.9. The molecule has 59 heavy (non-hydrogen) atoms. The molecule has 0 saturated heterocycles. The summed E-state index contributed by atoms with van der Waals surface area (Å²) in [5, 5.41) is 9.79. The van der Waals surface area contributed by atoms with E-state index in [0.29, 0.717) is 0 Å². The summed E-state index contributed by atoms with van der Waals surface area (Å²) in [5.74, 6) is 0. The molecule has 9 aromatic carbocycles. The van der Waals surface area contributed by atoms with Crippen LogP contribution in [0.3, 0.4) is 0 Å². The van der Waals surface area contributed by atoms with Crippen LogP contribution < -0.4 is 0 Å². The summed E-state index contributed by atoms with van der Waals surface area (Å²) in [6.45, 7) is 0. The lowest BCUT2D eigenvalue weighted by Crippen LogP contribution is -1.96. The maximum absolute atomic E-state index is 5.24. The van der Waals surface area contributed by atoms with E-state index in [1.807, 2.05) is 18.5 Å². The van der Waals surface area contributed by atoms with Crippen molar-refractivity contribution in [3.63, 3.8) is 0 Å². The first-order valence-corrected chi connectivity index (χ1v) is 20.2. The van der Waals surface area contributed by atoms with Crippen molar-refractivity contribution >= 4 is 65.2 Å². The monoisotopic (exact) mass is 749 g/mol. The third-order valence-corrected chi connectivity index (χ3v) is 12.0. The fourth-order valence-electron chi connectivity index (χ4n) is 9.62. The van der Waals surface area contributed by atoms with Crippen LogP contribution >= 0.6 is 0 Å². The lowest BCUT2D eigenvalue weighted by atomic mass is 9.86. The van der Waals surface area contributed by atoms with Crippen LogP contribution in [0, 0.1) is 0 Å². The van der Waals surface area contributed by atoms with E-state index in [-0.39, 0.29) is 0 Å². The van der Waals surface area contributed by atoms with Gasteiger partial charge in [-0.1, -0.05) is 170 Å². The first-order chi connectivity index (χ1) is 29.3. The molecule has 0 fully saturated rings. The largest absolute Gasteiger partial charge is 0.306 e. The Hall–Kier alpha value is -7.88. The zero-order valence-electron chi connectivity index (χ0n) is 32.0. The SMILES string of the molecule is c1ccc(-c2c3ccccc3c(-c3cccc(-n4c5cccnc5c5ncc(-c6c7ccccc7c(-c7ccccc7)c7ccccc67)cc54)c3)c3ccccc23)cc1. The van der Waals surface area contributed by atoms with Gasteiger partial charge in [-0.2, -0.15) is 0 Å². The average Bonchev–Trinajstić information content (AvgIpc) is 3.64. The second-order valence-electron chi connectivity index (χ2n) is 15.3. The zero-order valence-corrected chi connectivity index (χ0v) is 32.0. The number of rotatable bonds is 5. The van der Waals surface area contributed by atoms with Crippen LogP contribution in [-0.2, 0) is 0 Å². The lowest BCUT2D eigenvalue weighted by molar-refractivity contribution is 1.17. The fraction of sp³-hybridized carbons (Fsp3) is 0. The highest BCUT2D eigenvalue weighted by atomic mass is 15.0. The molecule has 0 bridgehead atoms. The molecular formula is C56H35N3. The van der Waals surface area contributed by atoms with Crippen LogP contribution in [0.2, 0.25) is 0 Å². The van der Waals surface area contributed by atoms with Crippen molar-refractivity contribution in [1.29, 1.82) is 0 Å². The van der Waals surface area contributed by atoms with Gasteiger partial charge in [0.15, 0.2) is 0 Å². The second kappa shape index (κ2) is 13.4. The molecule has 0 unspecified atom stereocenters. The Morgan fingerprint density at radius 1 is 0.288 bits per heavy atom. The molecule has 0 spiro atoms. The van der Waals surface area contributed by atoms with Gasteiger partial charge in [0.25, 0.3) is 0 Å². The highest BCUT2D eigenvalue weighted by Gasteiger charge is 2.21. The zero-order chi connectivity index (χ0) is 38.9. The van der Waals surface area contributed by atoms with Crippen LogP contribution in [0.5, 0.6) is 0 Å². The molecule has 0 aliphatic heterocycles. The minimum atomic E-state index is 0.882. The maximum Gasteiger partial charge on any atom is 0.115 e. The molecule has 0 saturated carbocycles. The van der Waals surface area contributed by atoms with Crippen molar-refractivity contribution in [2.75, 3.05) is 0 Å². The molecular weight excluding hydrogens is 715 g/mol. The second-order valence-corrected chi connectivity index (χ2v) is 15.3. The molecule has 3 nitrogen and oxygen atoms in total. The van der Waals surface area contributed by atoms with E-state index in [1.54, 1.807) is 0 Å². The van der Waals surface area contributed by atoms with E-state index in [1.165, 1.54) is 76.5 Å². The predicted molar refractivity (Wildman–Crippen MR) is 248 cm³/mol. The van der Waals surface area contributed by atoms with Crippen molar-refractivity contribution in [3.05, 3.63) is 213 Å². The first-order valence-electron chi connectivity index (χ1n) is 20.2. The highest BCUT2D eigenvalue weighted by molar-refractivity contribution is 6.23. The number of aromatic nitrogens is 3. The number of hydrogen-bond donors (Lipinski definition) is 0. The van der Waals surface area contributed by atoms with E-state index in [9.17, 15) is 0 Å². The van der Waals surface area contributed by atoms with E-state index < -0.39 is 0 Å². The normalized spacial score (nSPS) is 11.7. The summed E-state index contributed by atoms with van der Waals surface area (Å²) in [7, 11) is 0. The Balaban J connectivity index is 1.12. The number of hydrogen-bond acceptors (Lipinski definition) is 2. The quantitative estimate of drug-likeness (QED) is 0.164. The molecule has 12 aromatic rings. The molecule has 0 N–H and O–H groups in total. The highest BCUT2D eigenvalue weighted by Crippen LogP contribution is 2.46. The van der Waals surface area contributed by atoms with Gasteiger partial charge in [0, 0.05) is 23.6 Å². The molecule has 0 aliphatic carbocycles. The van der Waals surface area contributed by atoms with Crippen LogP contribution in [0.4, 0.5) is 0 Å². The summed E-state index contributed by atoms with van der Waals surface area (Å²) >= 11 is 0. The van der Waals surface area contributed by atoms with E-state index in [0.717, 1.165) is 38.9 Å². The van der Waals surface area contributed by atoms with Gasteiger partial charge in [-0.3, -0.25) is 9.97 Å². The van der Waals surface area contributed by atoms with Gasteiger partial charge < -0.3 is 4.57 Å². The summed E-state index contributed by atoms with van der Waals surface area (Å²) in [5.41, 5.74) is 14.4. The Morgan fingerprint density at radius 3 is 1.19 bits per heavy atom. The number of nitrogens with zero attached hydrogens (tertiary/aromatic N) is 3. The molecule has 0 radical (unpaired) electrons. The van der Waals surface area contributed by atoms with E-state index in [2.05, 4.69) is 199 Å². The van der Waals surface area contributed by atoms with Gasteiger partial charge in [0.2, 0.25) is 0 Å². The third kappa shape index (κ3) is 5.15. The summed E-state index contributed by atoms with van der Waals surface area (Å²) < 4.78 is 2.35. The standard InChI is InChI=1S/C56H35N3/c1-3-17-36(18-4-1)51-41-23-7-11-27-45(41)53(46-28-12-8-24-42(46)51)38-21-15-22-40(33-38)59-49-31-16-32-57-55(49)56-50(59)34-39(35-58-56)54-47-29-13-9-25-43(47)52(37-19-5-2-6-20-37)44-26-10-14-30-48(44)54/h1-35H. The van der Waals surface area contributed by atoms with Gasteiger partial charge >= 0.3 is 0 Å². The fourth-order valence-corrected chi connectivity index (χ4v) is 9.62. The Kier molecular flexibility index (Phi) is 7.54. The van der Waals surface area contributed by atoms with Crippen molar-refractivity contribution in [1.82, 2.24) is 14.5 Å². The van der Waals surface area contributed by atoms with Gasteiger partial charge in [-0.05, 0) is 112 Å². The number of benzene rings is 9. The van der Waals surface area contributed by atoms with Gasteiger partial charge in [0.05, 0.1) is 11.0 Å². The van der Waals surface area contributed by atoms with Crippen LogP contribution in [0.15, 0.2) is 213 Å². The Labute approximate surface area is 341 Å². The van der Waals surface area contributed by atoms with Crippen molar-refractivity contribution in [2.45, 2.75) is 0 Å². The Morgan fingerprint density at radius 2 is 0.695 bits per heavy atom. The lowest BCUT2D eigenvalue weighted by Gasteiger charge is -2.19. The van der Waals surface area contributed by atoms with Gasteiger partial charge in [-0.25, -0.2) is 0 Å². The number of fused-ring (bicyclic) bond motifs is 7. The molecule has 12 rings (SSSR count). The van der Waals surface area contributed by atoms with Crippen LogP contribution in [-0.4, -0.2) is 14.5 Å². The topological polar surface area (TPSA) is 30.7 Å². The van der Waals surface area contributed by atoms with Crippen LogP contribution in [0.25, 0.3) is 115 Å². The van der Waals surface area contributed by atoms with Gasteiger partial charge in [-0.15, -0.1) is 0 Å². The molecule has 3 heterocycles. The minimum Gasteiger partial charge on any atom is -0.306 e. The third-order valence-electron chi connectivity index (χ3n) is 12.0. The molecule has 274 valence electrons. The van der Waals surface area contributed by atoms with Crippen molar-refractivity contribution in [2.24, 2.45) is 0 Å². The molecule has 0 aliphatic rings.